The van der Waals surface area contributed by atoms with Gasteiger partial charge in [-0.1, -0.05) is 29.6 Å². The highest BCUT2D eigenvalue weighted by Gasteiger charge is 2.53. The van der Waals surface area contributed by atoms with Gasteiger partial charge in [-0.25, -0.2) is 17.9 Å². The van der Waals surface area contributed by atoms with Crippen molar-refractivity contribution in [3.63, 3.8) is 0 Å². The predicted molar refractivity (Wildman–Crippen MR) is 146 cm³/mol. The molecule has 0 radical (unpaired) electrons. The summed E-state index contributed by atoms with van der Waals surface area (Å²) in [6, 6.07) is 7.18. The maximum atomic E-state index is 12.8. The Bertz CT molecular complexity index is 1280. The SMILES string of the molecule is CCOCC1=Nc2c[n+]([O-])c3ccccc3c2[N+]1(CC(C)(C)NS(C)(=O)=O)OCCCCCCNC(=O)O. The fourth-order valence-electron chi connectivity index (χ4n) is 4.83. The van der Waals surface area contributed by atoms with Crippen LogP contribution in [0.1, 0.15) is 46.5 Å². The van der Waals surface area contributed by atoms with Gasteiger partial charge >= 0.3 is 6.09 Å². The van der Waals surface area contributed by atoms with Gasteiger partial charge in [0.2, 0.25) is 27.4 Å². The van der Waals surface area contributed by atoms with Crippen LogP contribution >= 0.6 is 0 Å². The van der Waals surface area contributed by atoms with Crippen molar-refractivity contribution in [1.82, 2.24) is 14.7 Å². The summed E-state index contributed by atoms with van der Waals surface area (Å²) >= 11 is 0. The van der Waals surface area contributed by atoms with Gasteiger partial charge in [0.1, 0.15) is 25.1 Å². The molecule has 0 bridgehead atoms. The Morgan fingerprint density at radius 3 is 2.61 bits per heavy atom. The van der Waals surface area contributed by atoms with Gasteiger partial charge in [-0.05, 0) is 39.7 Å². The number of hydrogen-bond acceptors (Lipinski definition) is 7. The quantitative estimate of drug-likeness (QED) is 0.133. The van der Waals surface area contributed by atoms with Crippen molar-refractivity contribution in [2.24, 2.45) is 4.99 Å². The average Bonchev–Trinajstić information content (AvgIpc) is 3.09. The fraction of sp³-hybridized carbons (Fsp3) is 0.560. The number of hydroxylamine groups is 2. The van der Waals surface area contributed by atoms with E-state index in [1.807, 2.05) is 19.1 Å². The third-order valence-electron chi connectivity index (χ3n) is 6.08. The van der Waals surface area contributed by atoms with E-state index in [4.69, 9.17) is 19.7 Å². The number of para-hydroxylation sites is 1. The smallest absolute Gasteiger partial charge is 0.404 e. The molecule has 1 aliphatic rings. The first-order valence-corrected chi connectivity index (χ1v) is 14.6. The van der Waals surface area contributed by atoms with Crippen molar-refractivity contribution >= 4 is 44.2 Å². The zero-order valence-corrected chi connectivity index (χ0v) is 23.2. The summed E-state index contributed by atoms with van der Waals surface area (Å²) in [5.74, 6) is 0.521. The van der Waals surface area contributed by atoms with Crippen molar-refractivity contribution < 1.29 is 32.6 Å². The lowest BCUT2D eigenvalue weighted by Crippen LogP contribution is -2.63. The van der Waals surface area contributed by atoms with Gasteiger partial charge in [0.15, 0.2) is 5.69 Å². The Morgan fingerprint density at radius 2 is 1.92 bits per heavy atom. The number of unbranched alkanes of at least 4 members (excludes halogenated alkanes) is 3. The first-order valence-electron chi connectivity index (χ1n) is 12.7. The Labute approximate surface area is 223 Å². The number of aliphatic imine (C=N–C) groups is 1. The number of rotatable bonds is 15. The van der Waals surface area contributed by atoms with Gasteiger partial charge in [-0.3, -0.25) is 0 Å². The molecule has 1 aromatic carbocycles. The monoisotopic (exact) mass is 552 g/mol. The van der Waals surface area contributed by atoms with E-state index in [0.29, 0.717) is 60.7 Å². The lowest BCUT2D eigenvalue weighted by atomic mass is 10.0. The maximum Gasteiger partial charge on any atom is 0.404 e. The number of pyridine rings is 1. The highest BCUT2D eigenvalue weighted by atomic mass is 32.2. The minimum atomic E-state index is -3.54. The molecule has 1 atom stereocenters. The zero-order chi connectivity index (χ0) is 28.0. The molecule has 0 spiro atoms. The van der Waals surface area contributed by atoms with Crippen LogP contribution in [0.4, 0.5) is 16.2 Å². The summed E-state index contributed by atoms with van der Waals surface area (Å²) in [6.45, 7) is 6.88. The van der Waals surface area contributed by atoms with Crippen LogP contribution in [-0.2, 0) is 19.6 Å². The molecule has 1 aromatic heterocycles. The van der Waals surface area contributed by atoms with Crippen LogP contribution in [0.3, 0.4) is 0 Å². The molecule has 2 heterocycles. The van der Waals surface area contributed by atoms with Gasteiger partial charge < -0.3 is 20.4 Å². The summed E-state index contributed by atoms with van der Waals surface area (Å²) in [5, 5.41) is 24.5. The summed E-state index contributed by atoms with van der Waals surface area (Å²) in [7, 11) is -3.54. The number of ether oxygens (including phenoxy) is 1. The number of amidine groups is 1. The van der Waals surface area contributed by atoms with E-state index in [1.165, 1.54) is 6.20 Å². The first-order chi connectivity index (χ1) is 17.9. The van der Waals surface area contributed by atoms with Gasteiger partial charge in [-0.2, -0.15) is 14.6 Å². The number of sulfonamides is 1. The van der Waals surface area contributed by atoms with Gasteiger partial charge in [0.25, 0.3) is 5.84 Å². The number of fused-ring (bicyclic) bond motifs is 3. The Kier molecular flexibility index (Phi) is 9.65. The summed E-state index contributed by atoms with van der Waals surface area (Å²) in [4.78, 5) is 22.0. The van der Waals surface area contributed by atoms with Crippen molar-refractivity contribution in [1.29, 1.82) is 0 Å². The molecule has 1 amide bonds. The van der Waals surface area contributed by atoms with Crippen molar-refractivity contribution in [3.8, 4) is 0 Å². The summed E-state index contributed by atoms with van der Waals surface area (Å²) in [5.41, 5.74) is 0.611. The molecule has 1 aliphatic heterocycles. The molecule has 1 unspecified atom stereocenters. The molecule has 3 rings (SSSR count). The van der Waals surface area contributed by atoms with Gasteiger partial charge in [0.05, 0.1) is 11.8 Å². The van der Waals surface area contributed by atoms with Crippen LogP contribution < -0.4 is 19.4 Å². The van der Waals surface area contributed by atoms with E-state index in [-0.39, 0.29) is 17.8 Å². The Hall–Kier alpha value is -2.84. The number of carboxylic acid groups (broad SMARTS) is 1. The van der Waals surface area contributed by atoms with E-state index < -0.39 is 21.7 Å². The molecule has 3 N–H and O–H groups in total. The molecule has 210 valence electrons. The molecule has 12 nitrogen and oxygen atoms in total. The Balaban J connectivity index is 1.99. The van der Waals surface area contributed by atoms with Gasteiger partial charge in [-0.15, -0.1) is 0 Å². The second-order valence-electron chi connectivity index (χ2n) is 10.0. The number of nitrogens with one attached hydrogen (secondary N) is 2. The van der Waals surface area contributed by atoms with Crippen LogP contribution in [0.15, 0.2) is 35.5 Å². The van der Waals surface area contributed by atoms with Crippen molar-refractivity contribution in [3.05, 3.63) is 35.7 Å². The first kappa shape index (κ1) is 29.7. The number of quaternary nitrogens is 1. The van der Waals surface area contributed by atoms with Crippen LogP contribution in [0.25, 0.3) is 10.9 Å². The fourth-order valence-corrected chi connectivity index (χ4v) is 5.90. The van der Waals surface area contributed by atoms with Crippen molar-refractivity contribution in [2.75, 3.05) is 39.2 Å². The lowest BCUT2D eigenvalue weighted by molar-refractivity contribution is -0.576. The second kappa shape index (κ2) is 12.3. The molecule has 38 heavy (non-hydrogen) atoms. The largest absolute Gasteiger partial charge is 0.618 e. The lowest BCUT2D eigenvalue weighted by Gasteiger charge is -2.38. The van der Waals surface area contributed by atoms with Gasteiger partial charge in [0, 0.05) is 19.2 Å². The van der Waals surface area contributed by atoms with E-state index in [0.717, 1.165) is 23.8 Å². The molecule has 13 heteroatoms. The molecule has 0 fully saturated rings. The van der Waals surface area contributed by atoms with E-state index >= 15 is 0 Å². The molecule has 0 aliphatic carbocycles. The summed E-state index contributed by atoms with van der Waals surface area (Å²) < 4.78 is 33.4. The maximum absolute atomic E-state index is 12.8. The van der Waals surface area contributed by atoms with E-state index in [2.05, 4.69) is 10.0 Å². The third kappa shape index (κ3) is 7.38. The second-order valence-corrected chi connectivity index (χ2v) is 11.8. The topological polar surface area (TPSA) is 153 Å². The Morgan fingerprint density at radius 1 is 1.21 bits per heavy atom. The highest BCUT2D eigenvalue weighted by molar-refractivity contribution is 7.88. The molecular weight excluding hydrogens is 514 g/mol. The average molecular weight is 553 g/mol. The van der Waals surface area contributed by atoms with Crippen LogP contribution in [0, 0.1) is 5.21 Å². The number of nitrogens with zero attached hydrogens (tertiary/aromatic N) is 3. The highest BCUT2D eigenvalue weighted by Crippen LogP contribution is 2.46. The molecule has 2 aromatic rings. The van der Waals surface area contributed by atoms with E-state index in [1.54, 1.807) is 26.0 Å². The third-order valence-corrected chi connectivity index (χ3v) is 7.00. The standard InChI is InChI=1S/C25H37N5O7S/c1-5-36-17-22-27-20-16-29(33)21-13-9-8-12-19(21)23(20)30(22,18-25(2,3)28-38(4,34)35)37-15-11-7-6-10-14-26-24(31)32/h8-9,12-13,16,26,28H,5-7,10-11,14-15,17-18H2,1-4H3/p+1. The number of aromatic nitrogens is 1. The zero-order valence-electron chi connectivity index (χ0n) is 22.4. The van der Waals surface area contributed by atoms with Crippen LogP contribution in [0.5, 0.6) is 0 Å². The normalized spacial score (nSPS) is 17.4. The molecule has 0 saturated carbocycles. The van der Waals surface area contributed by atoms with E-state index in [9.17, 15) is 18.4 Å². The van der Waals surface area contributed by atoms with Crippen LogP contribution in [0.2, 0.25) is 0 Å². The van der Waals surface area contributed by atoms with Crippen LogP contribution in [-0.4, -0.2) is 70.2 Å². The molecule has 0 saturated heterocycles. The number of amides is 1. The number of benzene rings is 1. The number of carbonyl (C=O) groups is 1. The predicted octanol–water partition coefficient (Wildman–Crippen LogP) is 2.95. The summed E-state index contributed by atoms with van der Waals surface area (Å²) in [6.07, 6.45) is 4.53. The van der Waals surface area contributed by atoms with Crippen molar-refractivity contribution in [2.45, 2.75) is 52.0 Å². The molecular formula is C25H38N5O7S+. The minimum Gasteiger partial charge on any atom is -0.618 e. The number of hydrogen-bond donors (Lipinski definition) is 3. The minimum absolute atomic E-state index is 0.133.